The average molecular weight is 397 g/mol. The van der Waals surface area contributed by atoms with Crippen molar-refractivity contribution in [3.8, 4) is 0 Å². The summed E-state index contributed by atoms with van der Waals surface area (Å²) in [5.41, 5.74) is 9.57. The van der Waals surface area contributed by atoms with E-state index in [0.29, 0.717) is 0 Å². The second kappa shape index (κ2) is 9.10. The fraction of sp³-hybridized carbons (Fsp3) is 0.391. The molecule has 0 unspecified atom stereocenters. The Hall–Kier alpha value is -1.85. The van der Waals surface area contributed by atoms with Crippen LogP contribution in [0.3, 0.4) is 0 Å². The molecular formula is C23H29ClN4. The Morgan fingerprint density at radius 2 is 1.64 bits per heavy atom. The Morgan fingerprint density at radius 1 is 0.893 bits per heavy atom. The molecular weight excluding hydrogens is 368 g/mol. The molecule has 1 aliphatic heterocycles. The Bertz CT molecular complexity index is 912. The molecule has 0 saturated carbocycles. The molecule has 0 amide bonds. The number of aromatic nitrogens is 1. The van der Waals surface area contributed by atoms with E-state index in [1.165, 1.54) is 22.0 Å². The van der Waals surface area contributed by atoms with Gasteiger partial charge in [-0.15, -0.1) is 0 Å². The van der Waals surface area contributed by atoms with Gasteiger partial charge in [0.15, 0.2) is 0 Å². The number of rotatable bonds is 7. The average Bonchev–Trinajstić information content (AvgIpc) is 3.12. The van der Waals surface area contributed by atoms with Crippen LogP contribution < -0.4 is 5.73 Å². The monoisotopic (exact) mass is 396 g/mol. The molecule has 1 aromatic heterocycles. The van der Waals surface area contributed by atoms with E-state index < -0.39 is 0 Å². The van der Waals surface area contributed by atoms with E-state index in [1.807, 2.05) is 12.1 Å². The van der Waals surface area contributed by atoms with Gasteiger partial charge in [0.25, 0.3) is 0 Å². The van der Waals surface area contributed by atoms with Crippen molar-refractivity contribution in [3.05, 3.63) is 70.9 Å². The molecule has 5 heteroatoms. The van der Waals surface area contributed by atoms with Crippen molar-refractivity contribution >= 4 is 22.5 Å². The number of nitrogens with two attached hydrogens (primary N) is 1. The zero-order chi connectivity index (χ0) is 19.3. The summed E-state index contributed by atoms with van der Waals surface area (Å²) in [4.78, 5) is 5.05. The number of hydrogen-bond donors (Lipinski definition) is 1. The highest BCUT2D eigenvalue weighted by Crippen LogP contribution is 2.21. The first kappa shape index (κ1) is 19.5. The summed E-state index contributed by atoms with van der Waals surface area (Å²) in [5.74, 6) is 0. The second-order valence-electron chi connectivity index (χ2n) is 7.69. The zero-order valence-electron chi connectivity index (χ0n) is 16.4. The predicted octanol–water partition coefficient (Wildman–Crippen LogP) is 3.96. The Morgan fingerprint density at radius 3 is 2.39 bits per heavy atom. The first-order valence-corrected chi connectivity index (χ1v) is 10.6. The third-order valence-corrected chi connectivity index (χ3v) is 6.03. The molecule has 0 bridgehead atoms. The molecule has 2 N–H and O–H groups in total. The van der Waals surface area contributed by atoms with Gasteiger partial charge in [-0.2, -0.15) is 0 Å². The van der Waals surface area contributed by atoms with Crippen LogP contribution >= 0.6 is 11.6 Å². The molecule has 1 saturated heterocycles. The normalized spacial score (nSPS) is 16.1. The smallest absolute Gasteiger partial charge is 0.0480 e. The fourth-order valence-corrected chi connectivity index (χ4v) is 4.23. The molecule has 4 rings (SSSR count). The van der Waals surface area contributed by atoms with Crippen molar-refractivity contribution in [2.75, 3.05) is 32.7 Å². The lowest BCUT2D eigenvalue weighted by molar-refractivity contribution is 0.122. The topological polar surface area (TPSA) is 37.4 Å². The summed E-state index contributed by atoms with van der Waals surface area (Å²) < 4.78 is 2.31. The summed E-state index contributed by atoms with van der Waals surface area (Å²) in [6.07, 6.45) is 3.20. The number of nitrogens with zero attached hydrogens (tertiary/aromatic N) is 3. The lowest BCUT2D eigenvalue weighted by Crippen LogP contribution is -2.45. The summed E-state index contributed by atoms with van der Waals surface area (Å²) >= 11 is 6.31. The molecule has 4 nitrogen and oxygen atoms in total. The molecule has 0 aliphatic carbocycles. The Labute approximate surface area is 172 Å². The maximum absolute atomic E-state index is 6.31. The molecule has 1 aliphatic rings. The van der Waals surface area contributed by atoms with Crippen molar-refractivity contribution in [2.45, 2.75) is 26.1 Å². The molecule has 148 valence electrons. The van der Waals surface area contributed by atoms with E-state index in [9.17, 15) is 0 Å². The van der Waals surface area contributed by atoms with Crippen LogP contribution in [0, 0.1) is 0 Å². The fourth-order valence-electron chi connectivity index (χ4n) is 4.04. The van der Waals surface area contributed by atoms with Gasteiger partial charge in [0.05, 0.1) is 0 Å². The number of halogens is 1. The number of benzene rings is 2. The number of fused-ring (bicyclic) bond motifs is 1. The van der Waals surface area contributed by atoms with Gasteiger partial charge in [-0.3, -0.25) is 9.80 Å². The van der Waals surface area contributed by atoms with Crippen molar-refractivity contribution in [1.82, 2.24) is 14.4 Å². The molecule has 2 heterocycles. The highest BCUT2D eigenvalue weighted by atomic mass is 35.5. The largest absolute Gasteiger partial charge is 0.347 e. The van der Waals surface area contributed by atoms with Gasteiger partial charge in [-0.1, -0.05) is 35.9 Å². The number of hydrogen-bond acceptors (Lipinski definition) is 3. The highest BCUT2D eigenvalue weighted by Gasteiger charge is 2.18. The highest BCUT2D eigenvalue weighted by molar-refractivity contribution is 6.31. The number of aryl methyl sites for hydroxylation is 1. The molecule has 1 fully saturated rings. The van der Waals surface area contributed by atoms with E-state index >= 15 is 0 Å². The maximum atomic E-state index is 6.31. The number of piperazine rings is 1. The van der Waals surface area contributed by atoms with Crippen molar-refractivity contribution < 1.29 is 0 Å². The predicted molar refractivity (Wildman–Crippen MR) is 118 cm³/mol. The van der Waals surface area contributed by atoms with Crippen LogP contribution in [0.25, 0.3) is 10.9 Å². The van der Waals surface area contributed by atoms with E-state index in [1.54, 1.807) is 0 Å². The standard InChI is InChI=1S/C23H29ClN4/c24-22-5-2-1-4-21(22)18-27-14-12-26(13-15-27)17-19-6-7-23-20(16-19)8-11-28(23)10-3-9-25/h1-2,4-8,11,16H,3,9-10,12-15,17-18,25H2. The molecule has 0 atom stereocenters. The van der Waals surface area contributed by atoms with Crippen LogP contribution in [0.1, 0.15) is 17.5 Å². The van der Waals surface area contributed by atoms with Gasteiger partial charge in [-0.05, 0) is 53.7 Å². The molecule has 28 heavy (non-hydrogen) atoms. The summed E-state index contributed by atoms with van der Waals surface area (Å²) in [6, 6.07) is 17.3. The van der Waals surface area contributed by atoms with Gasteiger partial charge in [0.2, 0.25) is 0 Å². The first-order valence-electron chi connectivity index (χ1n) is 10.2. The van der Waals surface area contributed by atoms with Crippen molar-refractivity contribution in [3.63, 3.8) is 0 Å². The third-order valence-electron chi connectivity index (χ3n) is 5.66. The van der Waals surface area contributed by atoms with Crippen molar-refractivity contribution in [2.24, 2.45) is 5.73 Å². The minimum atomic E-state index is 0.736. The van der Waals surface area contributed by atoms with Crippen molar-refractivity contribution in [1.29, 1.82) is 0 Å². The van der Waals surface area contributed by atoms with Crippen LogP contribution in [-0.2, 0) is 19.6 Å². The van der Waals surface area contributed by atoms with E-state index in [2.05, 4.69) is 57.0 Å². The minimum absolute atomic E-state index is 0.736. The van der Waals surface area contributed by atoms with Gasteiger partial charge in [0, 0.05) is 62.5 Å². The summed E-state index contributed by atoms with van der Waals surface area (Å²) in [7, 11) is 0. The third kappa shape index (κ3) is 4.58. The first-order chi connectivity index (χ1) is 13.7. The molecule has 3 aromatic rings. The van der Waals surface area contributed by atoms with E-state index in [4.69, 9.17) is 17.3 Å². The minimum Gasteiger partial charge on any atom is -0.347 e. The lowest BCUT2D eigenvalue weighted by atomic mass is 10.1. The quantitative estimate of drug-likeness (QED) is 0.656. The molecule has 2 aromatic carbocycles. The van der Waals surface area contributed by atoms with Crippen LogP contribution in [0.5, 0.6) is 0 Å². The van der Waals surface area contributed by atoms with E-state index in [0.717, 1.165) is 63.8 Å². The van der Waals surface area contributed by atoms with Gasteiger partial charge in [-0.25, -0.2) is 0 Å². The maximum Gasteiger partial charge on any atom is 0.0480 e. The van der Waals surface area contributed by atoms with E-state index in [-0.39, 0.29) is 0 Å². The van der Waals surface area contributed by atoms with Gasteiger partial charge in [0.1, 0.15) is 0 Å². The van der Waals surface area contributed by atoms with Crippen LogP contribution in [0.15, 0.2) is 54.7 Å². The van der Waals surface area contributed by atoms with Gasteiger partial charge < -0.3 is 10.3 Å². The molecule has 0 spiro atoms. The van der Waals surface area contributed by atoms with Crippen LogP contribution in [0.2, 0.25) is 5.02 Å². The molecule has 0 radical (unpaired) electrons. The summed E-state index contributed by atoms with van der Waals surface area (Å²) in [6.45, 7) is 8.05. The SMILES string of the molecule is NCCCn1ccc2cc(CN3CCN(Cc4ccccc4Cl)CC3)ccc21. The van der Waals surface area contributed by atoms with Gasteiger partial charge >= 0.3 is 0 Å². The Balaban J connectivity index is 1.32. The second-order valence-corrected chi connectivity index (χ2v) is 8.10. The van der Waals surface area contributed by atoms with Crippen LogP contribution in [-0.4, -0.2) is 47.1 Å². The lowest BCUT2D eigenvalue weighted by Gasteiger charge is -2.35. The Kier molecular flexibility index (Phi) is 6.33. The summed E-state index contributed by atoms with van der Waals surface area (Å²) in [5, 5.41) is 2.20. The van der Waals surface area contributed by atoms with Crippen LogP contribution in [0.4, 0.5) is 0 Å². The zero-order valence-corrected chi connectivity index (χ0v) is 17.1.